The summed E-state index contributed by atoms with van der Waals surface area (Å²) in [5.74, 6) is -0.882. The number of hydrogen-bond donors (Lipinski definition) is 2. The minimum absolute atomic E-state index is 0.0249. The summed E-state index contributed by atoms with van der Waals surface area (Å²) in [5, 5.41) is 11.6. The maximum absolute atomic E-state index is 11.9. The van der Waals surface area contributed by atoms with Crippen LogP contribution in [0.3, 0.4) is 0 Å². The molecule has 0 aliphatic carbocycles. The number of carbonyl (C=O) groups excluding carboxylic acids is 1. The predicted octanol–water partition coefficient (Wildman–Crippen LogP) is 2.32. The first kappa shape index (κ1) is 16.7. The SMILES string of the molecule is CCCC(CC(=O)O)NC(=O)N(C)CC(C)(C)C. The monoisotopic (exact) mass is 258 g/mol. The fourth-order valence-electron chi connectivity index (χ4n) is 1.85. The van der Waals surface area contributed by atoms with Crippen molar-refractivity contribution in [3.05, 3.63) is 0 Å². The van der Waals surface area contributed by atoms with Gasteiger partial charge in [-0.3, -0.25) is 4.79 Å². The maximum atomic E-state index is 11.9. The number of nitrogens with one attached hydrogen (secondary N) is 1. The summed E-state index contributed by atoms with van der Waals surface area (Å²) in [7, 11) is 1.73. The highest BCUT2D eigenvalue weighted by atomic mass is 16.4. The molecule has 0 rings (SSSR count). The molecule has 0 spiro atoms. The third-order valence-corrected chi connectivity index (χ3v) is 2.44. The van der Waals surface area contributed by atoms with Crippen LogP contribution in [0, 0.1) is 5.41 Å². The molecule has 0 fully saturated rings. The Morgan fingerprint density at radius 2 is 1.89 bits per heavy atom. The van der Waals surface area contributed by atoms with Gasteiger partial charge in [0, 0.05) is 19.6 Å². The molecule has 2 amide bonds. The first-order chi connectivity index (χ1) is 8.15. The molecule has 0 aliphatic heterocycles. The Morgan fingerprint density at radius 3 is 2.28 bits per heavy atom. The van der Waals surface area contributed by atoms with E-state index in [1.807, 2.05) is 6.92 Å². The number of nitrogens with zero attached hydrogens (tertiary/aromatic N) is 1. The molecule has 5 nitrogen and oxygen atoms in total. The van der Waals surface area contributed by atoms with E-state index in [0.29, 0.717) is 13.0 Å². The largest absolute Gasteiger partial charge is 0.481 e. The van der Waals surface area contributed by atoms with Gasteiger partial charge >= 0.3 is 12.0 Å². The van der Waals surface area contributed by atoms with E-state index < -0.39 is 5.97 Å². The zero-order chi connectivity index (χ0) is 14.3. The molecule has 0 saturated heterocycles. The van der Waals surface area contributed by atoms with E-state index in [1.54, 1.807) is 11.9 Å². The van der Waals surface area contributed by atoms with E-state index in [2.05, 4.69) is 26.1 Å². The first-order valence-corrected chi connectivity index (χ1v) is 6.39. The molecule has 1 unspecified atom stereocenters. The number of carbonyl (C=O) groups is 2. The van der Waals surface area contributed by atoms with Gasteiger partial charge in [0.1, 0.15) is 0 Å². The summed E-state index contributed by atoms with van der Waals surface area (Å²) in [6.07, 6.45) is 1.51. The van der Waals surface area contributed by atoms with Crippen molar-refractivity contribution >= 4 is 12.0 Å². The summed E-state index contributed by atoms with van der Waals surface area (Å²) < 4.78 is 0. The van der Waals surface area contributed by atoms with E-state index in [0.717, 1.165) is 6.42 Å². The minimum Gasteiger partial charge on any atom is -0.481 e. The lowest BCUT2D eigenvalue weighted by atomic mass is 9.96. The van der Waals surface area contributed by atoms with Crippen molar-refractivity contribution in [2.75, 3.05) is 13.6 Å². The highest BCUT2D eigenvalue weighted by molar-refractivity contribution is 5.75. The Morgan fingerprint density at radius 1 is 1.33 bits per heavy atom. The molecular weight excluding hydrogens is 232 g/mol. The van der Waals surface area contributed by atoms with Crippen LogP contribution < -0.4 is 5.32 Å². The zero-order valence-electron chi connectivity index (χ0n) is 12.1. The van der Waals surface area contributed by atoms with Crippen molar-refractivity contribution in [2.24, 2.45) is 5.41 Å². The Balaban J connectivity index is 4.35. The maximum Gasteiger partial charge on any atom is 0.317 e. The molecule has 0 aromatic carbocycles. The minimum atomic E-state index is -0.882. The van der Waals surface area contributed by atoms with Gasteiger partial charge < -0.3 is 15.3 Å². The number of carboxylic acid groups (broad SMARTS) is 1. The highest BCUT2D eigenvalue weighted by Crippen LogP contribution is 2.14. The molecule has 0 aromatic rings. The number of rotatable bonds is 6. The molecule has 5 heteroatoms. The molecule has 0 heterocycles. The predicted molar refractivity (Wildman–Crippen MR) is 71.6 cm³/mol. The van der Waals surface area contributed by atoms with Crippen LogP contribution in [-0.4, -0.2) is 41.6 Å². The average Bonchev–Trinajstić information content (AvgIpc) is 2.13. The quantitative estimate of drug-likeness (QED) is 0.768. The highest BCUT2D eigenvalue weighted by Gasteiger charge is 2.21. The molecular formula is C13H26N2O3. The third kappa shape index (κ3) is 7.92. The van der Waals surface area contributed by atoms with Gasteiger partial charge in [-0.1, -0.05) is 34.1 Å². The molecule has 1 atom stereocenters. The molecule has 0 radical (unpaired) electrons. The van der Waals surface area contributed by atoms with Gasteiger partial charge in [0.05, 0.1) is 6.42 Å². The molecule has 0 bridgehead atoms. The fraction of sp³-hybridized carbons (Fsp3) is 0.846. The molecule has 0 aromatic heterocycles. The second-order valence-corrected chi connectivity index (χ2v) is 5.95. The third-order valence-electron chi connectivity index (χ3n) is 2.44. The molecule has 18 heavy (non-hydrogen) atoms. The number of aliphatic carboxylic acids is 1. The Kier molecular flexibility index (Phi) is 6.73. The normalized spacial score (nSPS) is 12.9. The summed E-state index contributed by atoms with van der Waals surface area (Å²) in [6, 6.07) is -0.493. The Bertz CT molecular complexity index is 284. The van der Waals surface area contributed by atoms with Crippen LogP contribution in [0.25, 0.3) is 0 Å². The van der Waals surface area contributed by atoms with Crippen molar-refractivity contribution in [3.63, 3.8) is 0 Å². The standard InChI is InChI=1S/C13H26N2O3/c1-6-7-10(8-11(16)17)14-12(18)15(5)9-13(2,3)4/h10H,6-9H2,1-5H3,(H,14,18)(H,16,17). The van der Waals surface area contributed by atoms with Crippen LogP contribution in [-0.2, 0) is 4.79 Å². The van der Waals surface area contributed by atoms with Crippen LogP contribution in [0.2, 0.25) is 0 Å². The number of carboxylic acids is 1. The molecule has 0 saturated carbocycles. The van der Waals surface area contributed by atoms with Gasteiger partial charge in [0.25, 0.3) is 0 Å². The summed E-state index contributed by atoms with van der Waals surface area (Å²) in [5.41, 5.74) is 0.0269. The van der Waals surface area contributed by atoms with Crippen molar-refractivity contribution in [1.82, 2.24) is 10.2 Å². The number of urea groups is 1. The van der Waals surface area contributed by atoms with E-state index in [4.69, 9.17) is 5.11 Å². The fourth-order valence-corrected chi connectivity index (χ4v) is 1.85. The van der Waals surface area contributed by atoms with Crippen molar-refractivity contribution in [2.45, 2.75) is 53.0 Å². The summed E-state index contributed by atoms with van der Waals surface area (Å²) in [4.78, 5) is 24.2. The second kappa shape index (κ2) is 7.24. The summed E-state index contributed by atoms with van der Waals surface area (Å²) >= 11 is 0. The lowest BCUT2D eigenvalue weighted by molar-refractivity contribution is -0.137. The Hall–Kier alpha value is -1.26. The zero-order valence-corrected chi connectivity index (χ0v) is 12.1. The molecule has 2 N–H and O–H groups in total. The van der Waals surface area contributed by atoms with E-state index in [-0.39, 0.29) is 23.9 Å². The van der Waals surface area contributed by atoms with Gasteiger partial charge in [-0.05, 0) is 11.8 Å². The van der Waals surface area contributed by atoms with E-state index in [9.17, 15) is 9.59 Å². The smallest absolute Gasteiger partial charge is 0.317 e. The van der Waals surface area contributed by atoms with Crippen LogP contribution in [0.5, 0.6) is 0 Å². The van der Waals surface area contributed by atoms with Crippen LogP contribution >= 0.6 is 0 Å². The summed E-state index contributed by atoms with van der Waals surface area (Å²) in [6.45, 7) is 8.76. The Labute approximate surface area is 110 Å². The van der Waals surface area contributed by atoms with Crippen molar-refractivity contribution in [3.8, 4) is 0 Å². The van der Waals surface area contributed by atoms with E-state index >= 15 is 0 Å². The lowest BCUT2D eigenvalue weighted by Crippen LogP contribution is -2.46. The van der Waals surface area contributed by atoms with Gasteiger partial charge in [-0.25, -0.2) is 4.79 Å². The number of amides is 2. The first-order valence-electron chi connectivity index (χ1n) is 6.39. The number of hydrogen-bond acceptors (Lipinski definition) is 2. The van der Waals surface area contributed by atoms with Crippen LogP contribution in [0.15, 0.2) is 0 Å². The van der Waals surface area contributed by atoms with Crippen LogP contribution in [0.4, 0.5) is 4.79 Å². The van der Waals surface area contributed by atoms with Gasteiger partial charge in [-0.2, -0.15) is 0 Å². The van der Waals surface area contributed by atoms with Gasteiger partial charge in [0.2, 0.25) is 0 Å². The van der Waals surface area contributed by atoms with Gasteiger partial charge in [0.15, 0.2) is 0 Å². The molecule has 106 valence electrons. The average molecular weight is 258 g/mol. The lowest BCUT2D eigenvalue weighted by Gasteiger charge is -2.28. The second-order valence-electron chi connectivity index (χ2n) is 5.95. The van der Waals surface area contributed by atoms with E-state index in [1.165, 1.54) is 0 Å². The molecule has 0 aliphatic rings. The van der Waals surface area contributed by atoms with Crippen LogP contribution in [0.1, 0.15) is 47.0 Å². The topological polar surface area (TPSA) is 69.6 Å². The van der Waals surface area contributed by atoms with Crippen molar-refractivity contribution in [1.29, 1.82) is 0 Å². The van der Waals surface area contributed by atoms with Crippen molar-refractivity contribution < 1.29 is 14.7 Å². The van der Waals surface area contributed by atoms with Gasteiger partial charge in [-0.15, -0.1) is 0 Å².